The number of anilines is 2. The van der Waals surface area contributed by atoms with Gasteiger partial charge in [-0.2, -0.15) is 10.1 Å². The van der Waals surface area contributed by atoms with Crippen LogP contribution < -0.4 is 10.1 Å². The highest BCUT2D eigenvalue weighted by Gasteiger charge is 2.09. The first-order valence-corrected chi connectivity index (χ1v) is 5.62. The first-order chi connectivity index (χ1) is 8.93. The van der Waals surface area contributed by atoms with Crippen molar-refractivity contribution in [3.05, 3.63) is 73.5 Å². The third-order valence-electron chi connectivity index (χ3n) is 2.51. The molecular formula is C14H12N2O2. The number of hydrogen-bond acceptors (Lipinski definition) is 4. The zero-order chi connectivity index (χ0) is 12.2. The summed E-state index contributed by atoms with van der Waals surface area (Å²) in [5.74, 6) is 0. The fourth-order valence-electron chi connectivity index (χ4n) is 1.68. The van der Waals surface area contributed by atoms with Gasteiger partial charge in [-0.3, -0.25) is 0 Å². The summed E-state index contributed by atoms with van der Waals surface area (Å²) in [5.41, 5.74) is 1.86. The summed E-state index contributed by atoms with van der Waals surface area (Å²) >= 11 is 0. The predicted molar refractivity (Wildman–Crippen MR) is 70.1 cm³/mol. The van der Waals surface area contributed by atoms with Gasteiger partial charge in [-0.1, -0.05) is 6.07 Å². The average molecular weight is 240 g/mol. The van der Waals surface area contributed by atoms with E-state index in [0.29, 0.717) is 0 Å². The lowest BCUT2D eigenvalue weighted by atomic mass is 10.2. The number of hydrogen-bond donors (Lipinski definition) is 0. The number of allylic oxidation sites excluding steroid dienone is 4. The summed E-state index contributed by atoms with van der Waals surface area (Å²) in [6.45, 7) is 0. The van der Waals surface area contributed by atoms with Crippen molar-refractivity contribution >= 4 is 11.4 Å². The second-order valence-electron chi connectivity index (χ2n) is 3.72. The SMILES string of the molecule is C1=CON(c2cccc(N3C=CC=CO3)c2)C=C1. The lowest BCUT2D eigenvalue weighted by Gasteiger charge is -2.23. The van der Waals surface area contributed by atoms with E-state index in [1.54, 1.807) is 22.7 Å². The van der Waals surface area contributed by atoms with Crippen molar-refractivity contribution < 1.29 is 9.68 Å². The molecule has 1 aromatic rings. The van der Waals surface area contributed by atoms with Crippen molar-refractivity contribution in [2.24, 2.45) is 0 Å². The van der Waals surface area contributed by atoms with Gasteiger partial charge in [-0.05, 0) is 42.5 Å². The molecule has 0 unspecified atom stereocenters. The molecule has 3 rings (SSSR count). The maximum absolute atomic E-state index is 5.38. The van der Waals surface area contributed by atoms with Crippen LogP contribution in [0.2, 0.25) is 0 Å². The van der Waals surface area contributed by atoms with Crippen LogP contribution in [0.4, 0.5) is 11.4 Å². The van der Waals surface area contributed by atoms with Gasteiger partial charge in [-0.15, -0.1) is 0 Å². The van der Waals surface area contributed by atoms with Gasteiger partial charge in [0.15, 0.2) is 0 Å². The molecule has 4 nitrogen and oxygen atoms in total. The molecular weight excluding hydrogens is 228 g/mol. The molecule has 2 heterocycles. The second-order valence-corrected chi connectivity index (χ2v) is 3.72. The molecule has 0 aliphatic carbocycles. The van der Waals surface area contributed by atoms with Crippen LogP contribution in [0.15, 0.2) is 73.5 Å². The van der Waals surface area contributed by atoms with Gasteiger partial charge < -0.3 is 9.68 Å². The fraction of sp³-hybridized carbons (Fsp3) is 0. The van der Waals surface area contributed by atoms with Crippen LogP contribution in [0.25, 0.3) is 0 Å². The van der Waals surface area contributed by atoms with Gasteiger partial charge >= 0.3 is 0 Å². The molecule has 0 atom stereocenters. The van der Waals surface area contributed by atoms with Crippen molar-refractivity contribution in [2.75, 3.05) is 10.1 Å². The minimum absolute atomic E-state index is 0.930. The lowest BCUT2D eigenvalue weighted by Crippen LogP contribution is -2.17. The Labute approximate surface area is 105 Å². The van der Waals surface area contributed by atoms with Crippen molar-refractivity contribution in [3.8, 4) is 0 Å². The van der Waals surface area contributed by atoms with Crippen molar-refractivity contribution in [2.45, 2.75) is 0 Å². The van der Waals surface area contributed by atoms with Crippen LogP contribution in [0, 0.1) is 0 Å². The smallest absolute Gasteiger partial charge is 0.120 e. The van der Waals surface area contributed by atoms with E-state index < -0.39 is 0 Å². The molecule has 0 spiro atoms. The summed E-state index contributed by atoms with van der Waals surface area (Å²) in [6, 6.07) is 7.87. The summed E-state index contributed by atoms with van der Waals surface area (Å²) in [4.78, 5) is 10.8. The lowest BCUT2D eigenvalue weighted by molar-refractivity contribution is 0.242. The van der Waals surface area contributed by atoms with E-state index in [2.05, 4.69) is 0 Å². The van der Waals surface area contributed by atoms with E-state index in [4.69, 9.17) is 9.68 Å². The van der Waals surface area contributed by atoms with Gasteiger partial charge in [0.2, 0.25) is 0 Å². The largest absolute Gasteiger partial charge is 0.383 e. The Kier molecular flexibility index (Phi) is 2.75. The summed E-state index contributed by atoms with van der Waals surface area (Å²) in [6.07, 6.45) is 14.5. The Hall–Kier alpha value is -2.62. The molecule has 0 saturated carbocycles. The monoisotopic (exact) mass is 240 g/mol. The highest BCUT2D eigenvalue weighted by Crippen LogP contribution is 2.25. The zero-order valence-corrected chi connectivity index (χ0v) is 9.64. The van der Waals surface area contributed by atoms with E-state index >= 15 is 0 Å². The van der Waals surface area contributed by atoms with E-state index in [-0.39, 0.29) is 0 Å². The van der Waals surface area contributed by atoms with Crippen LogP contribution in [0.1, 0.15) is 0 Å². The highest BCUT2D eigenvalue weighted by atomic mass is 16.7. The Morgan fingerprint density at radius 1 is 0.722 bits per heavy atom. The molecule has 0 bridgehead atoms. The molecule has 4 heteroatoms. The molecule has 2 aliphatic rings. The van der Waals surface area contributed by atoms with Gasteiger partial charge in [0.25, 0.3) is 0 Å². The third kappa shape index (κ3) is 2.08. The molecule has 0 amide bonds. The molecule has 0 fully saturated rings. The average Bonchev–Trinajstić information content (AvgIpc) is 2.49. The van der Waals surface area contributed by atoms with Crippen molar-refractivity contribution in [3.63, 3.8) is 0 Å². The van der Waals surface area contributed by atoms with E-state index in [9.17, 15) is 0 Å². The molecule has 1 aromatic carbocycles. The Morgan fingerprint density at radius 3 is 1.72 bits per heavy atom. The third-order valence-corrected chi connectivity index (χ3v) is 2.51. The summed E-state index contributed by atoms with van der Waals surface area (Å²) < 4.78 is 0. The summed E-state index contributed by atoms with van der Waals surface area (Å²) in [7, 11) is 0. The number of hydroxylamine groups is 2. The van der Waals surface area contributed by atoms with Gasteiger partial charge in [0, 0.05) is 12.4 Å². The van der Waals surface area contributed by atoms with Crippen LogP contribution in [0.3, 0.4) is 0 Å². The second kappa shape index (κ2) is 4.71. The molecule has 18 heavy (non-hydrogen) atoms. The normalized spacial score (nSPS) is 16.7. The van der Waals surface area contributed by atoms with Gasteiger partial charge in [0.1, 0.15) is 12.5 Å². The maximum Gasteiger partial charge on any atom is 0.120 e. The first kappa shape index (κ1) is 10.5. The fourth-order valence-corrected chi connectivity index (χ4v) is 1.68. The highest BCUT2D eigenvalue weighted by molar-refractivity contribution is 5.60. The van der Waals surface area contributed by atoms with Crippen LogP contribution in [-0.2, 0) is 9.68 Å². The molecule has 0 radical (unpaired) electrons. The first-order valence-electron chi connectivity index (χ1n) is 5.62. The molecule has 0 N–H and O–H groups in total. The van der Waals surface area contributed by atoms with Crippen LogP contribution >= 0.6 is 0 Å². The molecule has 2 aliphatic heterocycles. The Bertz CT molecular complexity index is 501. The van der Waals surface area contributed by atoms with E-state index in [0.717, 1.165) is 11.4 Å². The number of benzene rings is 1. The minimum atomic E-state index is 0.930. The Balaban J connectivity index is 1.84. The van der Waals surface area contributed by atoms with Gasteiger partial charge in [0.05, 0.1) is 11.4 Å². The standard InChI is InChI=1S/C14H12N2O2/c1-3-10-17-15(8-1)13-6-5-7-14(12-13)16-9-2-4-11-18-16/h1-12H. The topological polar surface area (TPSA) is 24.9 Å². The van der Waals surface area contributed by atoms with Crippen LogP contribution in [0.5, 0.6) is 0 Å². The van der Waals surface area contributed by atoms with Crippen molar-refractivity contribution in [1.29, 1.82) is 0 Å². The Morgan fingerprint density at radius 2 is 1.28 bits per heavy atom. The predicted octanol–water partition coefficient (Wildman–Crippen LogP) is 3.24. The molecule has 90 valence electrons. The van der Waals surface area contributed by atoms with Crippen molar-refractivity contribution in [1.82, 2.24) is 0 Å². The zero-order valence-electron chi connectivity index (χ0n) is 9.64. The molecule has 0 aromatic heterocycles. The number of rotatable bonds is 2. The molecule has 0 saturated heterocycles. The van der Waals surface area contributed by atoms with Crippen LogP contribution in [-0.4, -0.2) is 0 Å². The number of nitrogens with zero attached hydrogens (tertiary/aromatic N) is 2. The van der Waals surface area contributed by atoms with Gasteiger partial charge in [-0.25, -0.2) is 0 Å². The van der Waals surface area contributed by atoms with E-state index in [1.807, 2.05) is 61.0 Å². The maximum atomic E-state index is 5.38. The quantitative estimate of drug-likeness (QED) is 0.792. The minimum Gasteiger partial charge on any atom is -0.383 e. The summed E-state index contributed by atoms with van der Waals surface area (Å²) in [5, 5.41) is 3.38. The van der Waals surface area contributed by atoms with E-state index in [1.165, 1.54) is 0 Å².